The van der Waals surface area contributed by atoms with Gasteiger partial charge in [0.15, 0.2) is 6.23 Å². The number of aromatic amines is 1. The predicted molar refractivity (Wildman–Crippen MR) is 79.5 cm³/mol. The van der Waals surface area contributed by atoms with Crippen molar-refractivity contribution < 1.29 is 15.6 Å². The van der Waals surface area contributed by atoms with Crippen molar-refractivity contribution >= 4 is 5.97 Å². The topological polar surface area (TPSA) is 90.4 Å². The maximum Gasteiger partial charge on any atom is 0.330 e. The summed E-state index contributed by atoms with van der Waals surface area (Å²) in [6.07, 6.45) is 3.63. The monoisotopic (exact) mass is 309 g/mol. The number of aromatic nitrogens is 2. The first-order chi connectivity index (χ1) is 10.7. The average molecular weight is 309 g/mol. The van der Waals surface area contributed by atoms with Gasteiger partial charge in [-0.25, -0.2) is 4.79 Å². The van der Waals surface area contributed by atoms with Crippen LogP contribution in [0.1, 0.15) is 33.9 Å². The molecule has 1 N–H and O–H groups in total. The lowest BCUT2D eigenvalue weighted by Gasteiger charge is -2.19. The summed E-state index contributed by atoms with van der Waals surface area (Å²) in [6, 6.07) is 0. The van der Waals surface area contributed by atoms with Crippen LogP contribution in [0.25, 0.3) is 0 Å². The van der Waals surface area contributed by atoms with Gasteiger partial charge in [-0.1, -0.05) is 6.08 Å². The van der Waals surface area contributed by atoms with Gasteiger partial charge in [0.2, 0.25) is 0 Å². The van der Waals surface area contributed by atoms with Gasteiger partial charge >= 0.3 is 11.7 Å². The third kappa shape index (κ3) is 3.54. The highest BCUT2D eigenvalue weighted by Crippen LogP contribution is 2.21. The van der Waals surface area contributed by atoms with Crippen molar-refractivity contribution in [1.82, 2.24) is 9.55 Å². The first-order valence-electron chi connectivity index (χ1n) is 7.57. The van der Waals surface area contributed by atoms with E-state index < -0.39 is 35.0 Å². The van der Waals surface area contributed by atoms with E-state index in [0.717, 1.165) is 0 Å². The van der Waals surface area contributed by atoms with Gasteiger partial charge in [-0.2, -0.15) is 0 Å². The van der Waals surface area contributed by atoms with Gasteiger partial charge in [0, 0.05) is 13.1 Å². The summed E-state index contributed by atoms with van der Waals surface area (Å²) >= 11 is 0. The maximum absolute atomic E-state index is 11.8. The number of hydrogen-bond acceptors (Lipinski definition) is 5. The Bertz CT molecular complexity index is 734. The van der Waals surface area contributed by atoms with E-state index in [1.165, 1.54) is 10.8 Å². The minimum Gasteiger partial charge on any atom is -0.462 e. The van der Waals surface area contributed by atoms with E-state index in [2.05, 4.69) is 4.98 Å². The van der Waals surface area contributed by atoms with Crippen LogP contribution in [0.15, 0.2) is 27.9 Å². The number of aryl methyl sites for hydroxylation is 1. The van der Waals surface area contributed by atoms with Crippen LogP contribution in [0, 0.1) is 12.3 Å². The number of ether oxygens (including phenoxy) is 2. The van der Waals surface area contributed by atoms with Crippen molar-refractivity contribution in [2.75, 3.05) is 6.61 Å². The molecule has 7 heteroatoms. The zero-order valence-electron chi connectivity index (χ0n) is 13.8. The molecule has 2 atom stereocenters. The molecule has 120 valence electrons. The highest BCUT2D eigenvalue weighted by Gasteiger charge is 2.27. The van der Waals surface area contributed by atoms with Gasteiger partial charge in [0.05, 0.1) is 5.41 Å². The molecule has 1 aliphatic rings. The highest BCUT2D eigenvalue weighted by molar-refractivity contribution is 5.75. The number of esters is 1. The van der Waals surface area contributed by atoms with Crippen LogP contribution in [-0.2, 0) is 14.3 Å². The van der Waals surface area contributed by atoms with E-state index in [1.54, 1.807) is 32.9 Å². The van der Waals surface area contributed by atoms with Crippen LogP contribution in [0.5, 0.6) is 0 Å². The molecule has 1 unspecified atom stereocenters. The third-order valence-corrected chi connectivity index (χ3v) is 3.16. The molecular weight excluding hydrogens is 288 g/mol. The summed E-state index contributed by atoms with van der Waals surface area (Å²) in [5.41, 5.74) is -1.47. The largest absolute Gasteiger partial charge is 0.462 e. The minimum atomic E-state index is -0.866. The number of carbonyl (C=O) groups excluding carboxylic acids is 1. The van der Waals surface area contributed by atoms with Gasteiger partial charge in [-0.15, -0.1) is 0 Å². The van der Waals surface area contributed by atoms with Gasteiger partial charge in [0.1, 0.15) is 12.7 Å². The molecule has 0 fully saturated rings. The van der Waals surface area contributed by atoms with Gasteiger partial charge in [0.25, 0.3) is 5.56 Å². The summed E-state index contributed by atoms with van der Waals surface area (Å²) in [5, 5.41) is 0. The van der Waals surface area contributed by atoms with Gasteiger partial charge in [-0.05, 0) is 33.7 Å². The summed E-state index contributed by atoms with van der Waals surface area (Å²) in [5.74, 6) is -0.468. The number of nitrogens with zero attached hydrogens (tertiary/aromatic N) is 1. The molecule has 0 saturated heterocycles. The Hall–Kier alpha value is -2.15. The van der Waals surface area contributed by atoms with Crippen LogP contribution < -0.4 is 11.2 Å². The standard InChI is InChI=1S/C15H20N2O5/c1-9-7-17(14(20)16-12(9)18)11-6-5-10(22-11)8-21-13(19)15(2,3)4/h5-7,10-11H,8H2,1-4H3,(H,16,18,20)/t10-,11?/m0/s1/i2D. The third-order valence-electron chi connectivity index (χ3n) is 3.16. The van der Waals surface area contributed by atoms with Crippen molar-refractivity contribution in [3.63, 3.8) is 0 Å². The Balaban J connectivity index is 1.99. The molecule has 0 aromatic carbocycles. The minimum absolute atomic E-state index is 0.00630. The molecule has 0 spiro atoms. The molecular formula is C15H20N2O5. The van der Waals surface area contributed by atoms with E-state index in [-0.39, 0.29) is 13.5 Å². The van der Waals surface area contributed by atoms with Crippen LogP contribution in [0.2, 0.25) is 0 Å². The summed E-state index contributed by atoms with van der Waals surface area (Å²) in [4.78, 5) is 37.2. The van der Waals surface area contributed by atoms with Crippen molar-refractivity contribution in [3.05, 3.63) is 44.8 Å². The fraction of sp³-hybridized carbons (Fsp3) is 0.533. The second-order valence-corrected chi connectivity index (χ2v) is 5.91. The smallest absolute Gasteiger partial charge is 0.330 e. The maximum atomic E-state index is 11.8. The molecule has 2 heterocycles. The van der Waals surface area contributed by atoms with Gasteiger partial charge in [-0.3, -0.25) is 19.1 Å². The number of rotatable bonds is 3. The Morgan fingerprint density at radius 1 is 1.50 bits per heavy atom. The Morgan fingerprint density at radius 3 is 2.91 bits per heavy atom. The first-order valence-corrected chi connectivity index (χ1v) is 6.87. The lowest BCUT2D eigenvalue weighted by molar-refractivity contribution is -0.156. The number of carbonyl (C=O) groups is 1. The lowest BCUT2D eigenvalue weighted by atomic mass is 9.97. The van der Waals surface area contributed by atoms with E-state index >= 15 is 0 Å². The summed E-state index contributed by atoms with van der Waals surface area (Å²) in [7, 11) is 0. The lowest BCUT2D eigenvalue weighted by Crippen LogP contribution is -2.34. The van der Waals surface area contributed by atoms with Crippen LogP contribution in [0.4, 0.5) is 0 Å². The predicted octanol–water partition coefficient (Wildman–Crippen LogP) is 0.888. The Kier molecular flexibility index (Phi) is 3.98. The second kappa shape index (κ2) is 5.92. The summed E-state index contributed by atoms with van der Waals surface area (Å²) < 4.78 is 19.4. The Morgan fingerprint density at radius 2 is 2.23 bits per heavy atom. The van der Waals surface area contributed by atoms with Crippen LogP contribution in [-0.4, -0.2) is 28.2 Å². The number of hydrogen-bond donors (Lipinski definition) is 1. The molecule has 0 amide bonds. The molecule has 22 heavy (non-hydrogen) atoms. The van der Waals surface area contributed by atoms with E-state index in [4.69, 9.17) is 10.8 Å². The zero-order chi connectivity index (χ0) is 17.2. The Labute approximate surface area is 129 Å². The molecule has 0 radical (unpaired) electrons. The fourth-order valence-electron chi connectivity index (χ4n) is 1.87. The molecule has 1 aliphatic heterocycles. The fourth-order valence-corrected chi connectivity index (χ4v) is 1.87. The van der Waals surface area contributed by atoms with Gasteiger partial charge < -0.3 is 9.47 Å². The normalized spacial score (nSPS) is 21.7. The molecule has 0 aliphatic carbocycles. The molecule has 0 saturated carbocycles. The molecule has 2 rings (SSSR count). The second-order valence-electron chi connectivity index (χ2n) is 5.91. The molecule has 0 bridgehead atoms. The van der Waals surface area contributed by atoms with Crippen molar-refractivity contribution in [1.29, 1.82) is 0 Å². The number of nitrogens with one attached hydrogen (secondary N) is 1. The van der Waals surface area contributed by atoms with Crippen LogP contribution in [0.3, 0.4) is 0 Å². The SMILES string of the molecule is [2H]CC(C)(C)C(=O)OC[C@@H]1C=CC(n2cc(C)c(=O)[nH]c2=O)O1. The highest BCUT2D eigenvalue weighted by atomic mass is 16.6. The van der Waals surface area contributed by atoms with E-state index in [9.17, 15) is 14.4 Å². The van der Waals surface area contributed by atoms with Crippen molar-refractivity contribution in [2.45, 2.75) is 40.0 Å². The molecule has 1 aromatic heterocycles. The quantitative estimate of drug-likeness (QED) is 0.661. The van der Waals surface area contributed by atoms with E-state index in [0.29, 0.717) is 5.56 Å². The first kappa shape index (κ1) is 14.8. The van der Waals surface area contributed by atoms with E-state index in [1.807, 2.05) is 0 Å². The van der Waals surface area contributed by atoms with Crippen molar-refractivity contribution in [2.24, 2.45) is 5.41 Å². The molecule has 7 nitrogen and oxygen atoms in total. The van der Waals surface area contributed by atoms with Crippen molar-refractivity contribution in [3.8, 4) is 0 Å². The number of H-pyrrole nitrogens is 1. The molecule has 1 aromatic rings. The summed E-state index contributed by atoms with van der Waals surface area (Å²) in [6.45, 7) is 4.81. The average Bonchev–Trinajstić information content (AvgIpc) is 2.97. The van der Waals surface area contributed by atoms with Crippen LogP contribution >= 0.6 is 0 Å². The zero-order valence-corrected chi connectivity index (χ0v) is 12.8.